The molecule has 1 fully saturated rings. The highest BCUT2D eigenvalue weighted by Crippen LogP contribution is 2.27. The second-order valence-electron chi connectivity index (χ2n) is 3.85. The van der Waals surface area contributed by atoms with Crippen LogP contribution in [-0.2, 0) is 0 Å². The van der Waals surface area contributed by atoms with E-state index in [-0.39, 0.29) is 0 Å². The summed E-state index contributed by atoms with van der Waals surface area (Å²) in [7, 11) is 0. The van der Waals surface area contributed by atoms with Crippen molar-refractivity contribution in [3.05, 3.63) is 23.8 Å². The summed E-state index contributed by atoms with van der Waals surface area (Å²) in [6, 6.07) is 2.05. The van der Waals surface area contributed by atoms with E-state index in [4.69, 9.17) is 0 Å². The summed E-state index contributed by atoms with van der Waals surface area (Å²) in [6.45, 7) is 4.22. The summed E-state index contributed by atoms with van der Waals surface area (Å²) < 4.78 is 0. The molecule has 3 rings (SSSR count). The van der Waals surface area contributed by atoms with Crippen LogP contribution in [0.3, 0.4) is 0 Å². The van der Waals surface area contributed by atoms with Crippen LogP contribution in [0.4, 0.5) is 5.13 Å². The highest BCUT2D eigenvalue weighted by Gasteiger charge is 2.14. The Kier molecular flexibility index (Phi) is 2.63. The van der Waals surface area contributed by atoms with Gasteiger partial charge in [-0.1, -0.05) is 0 Å². The molecule has 0 radical (unpaired) electrons. The van der Waals surface area contributed by atoms with Gasteiger partial charge in [-0.3, -0.25) is 0 Å². The lowest BCUT2D eigenvalue weighted by Crippen LogP contribution is -2.43. The van der Waals surface area contributed by atoms with Gasteiger partial charge in [-0.25, -0.2) is 4.98 Å². The Morgan fingerprint density at radius 1 is 1.31 bits per heavy atom. The number of H-pyrrole nitrogens is 1. The molecular formula is C11H14N4S. The monoisotopic (exact) mass is 234 g/mol. The van der Waals surface area contributed by atoms with Crippen LogP contribution in [-0.4, -0.2) is 36.1 Å². The zero-order valence-corrected chi connectivity index (χ0v) is 9.76. The van der Waals surface area contributed by atoms with E-state index in [0.29, 0.717) is 0 Å². The number of thiazole rings is 1. The van der Waals surface area contributed by atoms with Gasteiger partial charge < -0.3 is 15.2 Å². The summed E-state index contributed by atoms with van der Waals surface area (Å²) in [4.78, 5) is 10.1. The van der Waals surface area contributed by atoms with Crippen molar-refractivity contribution in [2.45, 2.75) is 0 Å². The SMILES string of the molecule is c1cc(-c2csc(N3CCNCC3)n2)c[nH]1. The molecule has 0 atom stereocenters. The fourth-order valence-electron chi connectivity index (χ4n) is 1.88. The maximum atomic E-state index is 4.67. The average molecular weight is 234 g/mol. The van der Waals surface area contributed by atoms with E-state index in [1.807, 2.05) is 12.4 Å². The van der Waals surface area contributed by atoms with E-state index in [0.717, 1.165) is 42.6 Å². The van der Waals surface area contributed by atoms with Gasteiger partial charge in [0.05, 0.1) is 5.69 Å². The molecule has 0 bridgehead atoms. The number of hydrogen-bond donors (Lipinski definition) is 2. The molecule has 0 spiro atoms. The van der Waals surface area contributed by atoms with Gasteiger partial charge in [-0.15, -0.1) is 11.3 Å². The first-order valence-electron chi connectivity index (χ1n) is 5.48. The normalized spacial score (nSPS) is 16.6. The quantitative estimate of drug-likeness (QED) is 0.828. The van der Waals surface area contributed by atoms with E-state index in [1.165, 1.54) is 0 Å². The van der Waals surface area contributed by atoms with Crippen molar-refractivity contribution in [3.8, 4) is 11.3 Å². The van der Waals surface area contributed by atoms with Crippen LogP contribution in [0.1, 0.15) is 0 Å². The summed E-state index contributed by atoms with van der Waals surface area (Å²) in [6.07, 6.45) is 3.91. The lowest BCUT2D eigenvalue weighted by molar-refractivity contribution is 0.588. The second-order valence-corrected chi connectivity index (χ2v) is 4.69. The number of piperazine rings is 1. The third-order valence-electron chi connectivity index (χ3n) is 2.77. The van der Waals surface area contributed by atoms with Crippen LogP contribution in [0.25, 0.3) is 11.3 Å². The standard InChI is InChI=1S/C11H14N4S/c1-2-13-7-9(1)10-8-16-11(14-10)15-5-3-12-4-6-15/h1-2,7-8,12-13H,3-6H2. The van der Waals surface area contributed by atoms with E-state index < -0.39 is 0 Å². The van der Waals surface area contributed by atoms with E-state index in [2.05, 4.69) is 31.6 Å². The highest BCUT2D eigenvalue weighted by atomic mass is 32.1. The molecular weight excluding hydrogens is 220 g/mol. The first-order chi connectivity index (χ1) is 7.93. The molecule has 0 saturated carbocycles. The van der Waals surface area contributed by atoms with Crippen LogP contribution < -0.4 is 10.2 Å². The van der Waals surface area contributed by atoms with Crippen molar-refractivity contribution in [1.82, 2.24) is 15.3 Å². The van der Waals surface area contributed by atoms with Crippen LogP contribution in [0.5, 0.6) is 0 Å². The Morgan fingerprint density at radius 3 is 2.94 bits per heavy atom. The first kappa shape index (κ1) is 9.86. The van der Waals surface area contributed by atoms with Gasteiger partial charge in [-0.2, -0.15) is 0 Å². The number of hydrogen-bond acceptors (Lipinski definition) is 4. The molecule has 0 aliphatic carbocycles. The lowest BCUT2D eigenvalue weighted by Gasteiger charge is -2.26. The summed E-state index contributed by atoms with van der Waals surface area (Å²) in [5, 5.41) is 6.61. The summed E-state index contributed by atoms with van der Waals surface area (Å²) in [5.41, 5.74) is 2.23. The topological polar surface area (TPSA) is 44.0 Å². The van der Waals surface area contributed by atoms with Crippen LogP contribution >= 0.6 is 11.3 Å². The zero-order chi connectivity index (χ0) is 10.8. The Bertz CT molecular complexity index is 442. The molecule has 2 aromatic heterocycles. The molecule has 84 valence electrons. The molecule has 0 unspecified atom stereocenters. The van der Waals surface area contributed by atoms with Crippen LogP contribution in [0.15, 0.2) is 23.8 Å². The summed E-state index contributed by atoms with van der Waals surface area (Å²) in [5.74, 6) is 0. The first-order valence-corrected chi connectivity index (χ1v) is 6.36. The highest BCUT2D eigenvalue weighted by molar-refractivity contribution is 7.14. The number of nitrogens with one attached hydrogen (secondary N) is 2. The third-order valence-corrected chi connectivity index (χ3v) is 3.67. The minimum atomic E-state index is 1.05. The van der Waals surface area contributed by atoms with Crippen molar-refractivity contribution >= 4 is 16.5 Å². The molecule has 1 saturated heterocycles. The minimum Gasteiger partial charge on any atom is -0.367 e. The molecule has 4 nitrogen and oxygen atoms in total. The Labute approximate surface area is 98.3 Å². The number of rotatable bonds is 2. The Hall–Kier alpha value is -1.33. The minimum absolute atomic E-state index is 1.05. The van der Waals surface area contributed by atoms with Crippen LogP contribution in [0.2, 0.25) is 0 Å². The fourth-order valence-corrected chi connectivity index (χ4v) is 2.77. The summed E-state index contributed by atoms with van der Waals surface area (Å²) >= 11 is 1.73. The lowest BCUT2D eigenvalue weighted by atomic mass is 10.3. The van der Waals surface area contributed by atoms with Crippen molar-refractivity contribution in [2.24, 2.45) is 0 Å². The van der Waals surface area contributed by atoms with Gasteiger partial charge in [0.25, 0.3) is 0 Å². The van der Waals surface area contributed by atoms with Crippen molar-refractivity contribution in [1.29, 1.82) is 0 Å². The maximum Gasteiger partial charge on any atom is 0.185 e. The molecule has 1 aliphatic rings. The van der Waals surface area contributed by atoms with E-state index in [9.17, 15) is 0 Å². The smallest absolute Gasteiger partial charge is 0.185 e. The molecule has 3 heterocycles. The zero-order valence-electron chi connectivity index (χ0n) is 8.94. The molecule has 16 heavy (non-hydrogen) atoms. The molecule has 1 aliphatic heterocycles. The van der Waals surface area contributed by atoms with Crippen molar-refractivity contribution < 1.29 is 0 Å². The number of aromatic amines is 1. The van der Waals surface area contributed by atoms with Crippen molar-refractivity contribution in [2.75, 3.05) is 31.1 Å². The Balaban J connectivity index is 1.82. The molecule has 5 heteroatoms. The molecule has 2 aromatic rings. The number of anilines is 1. The average Bonchev–Trinajstić information content (AvgIpc) is 3.01. The van der Waals surface area contributed by atoms with Gasteiger partial charge in [0.15, 0.2) is 5.13 Å². The molecule has 0 amide bonds. The van der Waals surface area contributed by atoms with Gasteiger partial charge in [0.1, 0.15) is 0 Å². The van der Waals surface area contributed by atoms with Gasteiger partial charge in [0, 0.05) is 49.5 Å². The van der Waals surface area contributed by atoms with Gasteiger partial charge >= 0.3 is 0 Å². The van der Waals surface area contributed by atoms with Gasteiger partial charge in [0.2, 0.25) is 0 Å². The largest absolute Gasteiger partial charge is 0.367 e. The van der Waals surface area contributed by atoms with Crippen molar-refractivity contribution in [3.63, 3.8) is 0 Å². The maximum absolute atomic E-state index is 4.67. The fraction of sp³-hybridized carbons (Fsp3) is 0.364. The van der Waals surface area contributed by atoms with Crippen LogP contribution in [0, 0.1) is 0 Å². The van der Waals surface area contributed by atoms with Gasteiger partial charge in [-0.05, 0) is 6.07 Å². The van der Waals surface area contributed by atoms with E-state index in [1.54, 1.807) is 11.3 Å². The molecule has 2 N–H and O–H groups in total. The Morgan fingerprint density at radius 2 is 2.19 bits per heavy atom. The third kappa shape index (κ3) is 1.83. The molecule has 0 aromatic carbocycles. The predicted molar refractivity (Wildman–Crippen MR) is 67.0 cm³/mol. The second kappa shape index (κ2) is 4.27. The number of aromatic nitrogens is 2. The van der Waals surface area contributed by atoms with E-state index >= 15 is 0 Å². The number of nitrogens with zero attached hydrogens (tertiary/aromatic N) is 2. The predicted octanol–water partition coefficient (Wildman–Crippen LogP) is 1.55.